The van der Waals surface area contributed by atoms with Crippen LogP contribution in [0, 0.1) is 0 Å². The maximum Gasteiger partial charge on any atom is 0.472 e. The van der Waals surface area contributed by atoms with Crippen LogP contribution >= 0.6 is 7.82 Å². The Hall–Kier alpha value is -1.06. The number of ether oxygens (including phenoxy) is 2. The molecule has 3 atom stereocenters. The lowest BCUT2D eigenvalue weighted by Crippen LogP contribution is -2.29. The van der Waals surface area contributed by atoms with Crippen LogP contribution in [0.4, 0.5) is 0 Å². The number of hydrogen-bond acceptors (Lipinski definition) is 8. The number of carbonyl (C=O) groups excluding carboxylic acids is 1. The van der Waals surface area contributed by atoms with Crippen molar-refractivity contribution in [2.24, 2.45) is 0 Å². The summed E-state index contributed by atoms with van der Waals surface area (Å²) in [6.07, 6.45) is 40.3. The van der Waals surface area contributed by atoms with E-state index in [2.05, 4.69) is 38.2 Å². The summed E-state index contributed by atoms with van der Waals surface area (Å²) < 4.78 is 33.2. The lowest BCUT2D eigenvalue weighted by atomic mass is 10.0. The second kappa shape index (κ2) is 39.6. The van der Waals surface area contributed by atoms with Crippen LogP contribution in [0.3, 0.4) is 0 Å². The third-order valence-electron chi connectivity index (χ3n) is 9.14. The molecule has 308 valence electrons. The number of carbonyl (C=O) groups is 1. The Labute approximate surface area is 319 Å². The van der Waals surface area contributed by atoms with Gasteiger partial charge in [0.15, 0.2) is 0 Å². The summed E-state index contributed by atoms with van der Waals surface area (Å²) in [5.41, 5.74) is 0. The zero-order valence-electron chi connectivity index (χ0n) is 33.5. The van der Waals surface area contributed by atoms with E-state index in [1.165, 1.54) is 128 Å². The van der Waals surface area contributed by atoms with E-state index >= 15 is 0 Å². The van der Waals surface area contributed by atoms with Gasteiger partial charge in [-0.1, -0.05) is 167 Å². The van der Waals surface area contributed by atoms with E-state index in [1.807, 2.05) is 0 Å². The second-order valence-corrected chi connectivity index (χ2v) is 15.8. The number of phosphoric ester groups is 1. The molecule has 0 aliphatic carbocycles. The van der Waals surface area contributed by atoms with Crippen molar-refractivity contribution in [3.8, 4) is 0 Å². The Bertz CT molecular complexity index is 866. The molecule has 0 fully saturated rings. The third kappa shape index (κ3) is 38.7. The number of rotatable bonds is 41. The Kier molecular flexibility index (Phi) is 38.8. The van der Waals surface area contributed by atoms with Crippen molar-refractivity contribution in [1.82, 2.24) is 0 Å². The summed E-state index contributed by atoms with van der Waals surface area (Å²) >= 11 is 0. The smallest absolute Gasteiger partial charge is 0.457 e. The molecule has 0 bridgehead atoms. The van der Waals surface area contributed by atoms with Crippen LogP contribution in [0.15, 0.2) is 24.3 Å². The number of aliphatic hydroxyl groups excluding tert-OH is 2. The van der Waals surface area contributed by atoms with E-state index in [-0.39, 0.29) is 25.6 Å². The molecule has 10 heteroatoms. The summed E-state index contributed by atoms with van der Waals surface area (Å²) in [4.78, 5) is 22.4. The van der Waals surface area contributed by atoms with Crippen LogP contribution in [0.1, 0.15) is 194 Å². The van der Waals surface area contributed by atoms with E-state index in [0.29, 0.717) is 6.61 Å². The van der Waals surface area contributed by atoms with Crippen LogP contribution in [-0.2, 0) is 27.9 Å². The van der Waals surface area contributed by atoms with Crippen LogP contribution in [0.25, 0.3) is 0 Å². The van der Waals surface area contributed by atoms with Gasteiger partial charge in [0.2, 0.25) is 0 Å². The third-order valence-corrected chi connectivity index (χ3v) is 10.1. The average Bonchev–Trinajstić information content (AvgIpc) is 3.13. The number of allylic oxidation sites excluding steroid dienone is 4. The van der Waals surface area contributed by atoms with Crippen molar-refractivity contribution >= 4 is 13.8 Å². The van der Waals surface area contributed by atoms with E-state index < -0.39 is 33.2 Å². The molecule has 0 spiro atoms. The standard InChI is InChI=1S/C42H81O9P/c1-3-5-7-9-11-12-13-14-15-16-17-18-19-20-21-22-23-24-25-26-27-29-31-33-35-48-38-41(39-50-52(46,47)49-37-40(44)36-43)51-42(45)34-32-30-28-10-8-6-4-2/h13-14,16-17,40-41,43-44H,3-12,15,18-39H2,1-2H3,(H,46,47)/b14-13-,17-16-. The highest BCUT2D eigenvalue weighted by molar-refractivity contribution is 7.47. The number of unbranched alkanes of at least 4 members (excludes halogenated alkanes) is 23. The van der Waals surface area contributed by atoms with Gasteiger partial charge in [0.1, 0.15) is 12.2 Å². The van der Waals surface area contributed by atoms with Gasteiger partial charge in [-0.3, -0.25) is 13.8 Å². The zero-order chi connectivity index (χ0) is 38.2. The minimum atomic E-state index is -4.50. The van der Waals surface area contributed by atoms with Crippen LogP contribution < -0.4 is 0 Å². The summed E-state index contributed by atoms with van der Waals surface area (Å²) in [5.74, 6) is -0.388. The van der Waals surface area contributed by atoms with Gasteiger partial charge in [-0.2, -0.15) is 0 Å². The molecule has 0 aromatic rings. The number of hydrogen-bond donors (Lipinski definition) is 3. The van der Waals surface area contributed by atoms with Crippen molar-refractivity contribution < 1.29 is 43.0 Å². The van der Waals surface area contributed by atoms with Crippen molar-refractivity contribution in [1.29, 1.82) is 0 Å². The van der Waals surface area contributed by atoms with Crippen molar-refractivity contribution in [3.05, 3.63) is 24.3 Å². The second-order valence-electron chi connectivity index (χ2n) is 14.4. The molecule has 3 N–H and O–H groups in total. The normalized spacial score (nSPS) is 14.3. The van der Waals surface area contributed by atoms with Crippen molar-refractivity contribution in [2.45, 2.75) is 206 Å². The Morgan fingerprint density at radius 2 is 1.04 bits per heavy atom. The first-order valence-electron chi connectivity index (χ1n) is 21.3. The number of aliphatic hydroxyl groups is 2. The van der Waals surface area contributed by atoms with Gasteiger partial charge in [-0.25, -0.2) is 4.57 Å². The highest BCUT2D eigenvalue weighted by Crippen LogP contribution is 2.43. The van der Waals surface area contributed by atoms with Gasteiger partial charge in [0.25, 0.3) is 0 Å². The molecule has 0 saturated carbocycles. The van der Waals surface area contributed by atoms with Crippen molar-refractivity contribution in [2.75, 3.05) is 33.0 Å². The molecule has 0 aliphatic heterocycles. The number of phosphoric acid groups is 1. The van der Waals surface area contributed by atoms with E-state index in [1.54, 1.807) is 0 Å². The Balaban J connectivity index is 3.94. The van der Waals surface area contributed by atoms with Gasteiger partial charge in [-0.05, 0) is 44.9 Å². The molecular weight excluding hydrogens is 679 g/mol. The summed E-state index contributed by atoms with van der Waals surface area (Å²) in [7, 11) is -4.50. The highest BCUT2D eigenvalue weighted by Gasteiger charge is 2.26. The molecule has 0 amide bonds. The van der Waals surface area contributed by atoms with Crippen LogP contribution in [-0.4, -0.2) is 66.3 Å². The minimum absolute atomic E-state index is 0.0513. The summed E-state index contributed by atoms with van der Waals surface area (Å²) in [5, 5.41) is 18.3. The zero-order valence-corrected chi connectivity index (χ0v) is 34.4. The molecule has 52 heavy (non-hydrogen) atoms. The summed E-state index contributed by atoms with van der Waals surface area (Å²) in [6, 6.07) is 0. The first-order chi connectivity index (χ1) is 25.3. The predicted molar refractivity (Wildman–Crippen MR) is 214 cm³/mol. The topological polar surface area (TPSA) is 132 Å². The highest BCUT2D eigenvalue weighted by atomic mass is 31.2. The number of esters is 1. The van der Waals surface area contributed by atoms with Crippen molar-refractivity contribution in [3.63, 3.8) is 0 Å². The molecule has 0 saturated heterocycles. The average molecular weight is 761 g/mol. The Morgan fingerprint density at radius 1 is 0.596 bits per heavy atom. The molecule has 0 aromatic carbocycles. The fraction of sp³-hybridized carbons (Fsp3) is 0.881. The van der Waals surface area contributed by atoms with Gasteiger partial charge in [0, 0.05) is 13.0 Å². The summed E-state index contributed by atoms with van der Waals surface area (Å²) in [6.45, 7) is 3.47. The first-order valence-corrected chi connectivity index (χ1v) is 22.8. The van der Waals surface area contributed by atoms with E-state index in [9.17, 15) is 19.4 Å². The largest absolute Gasteiger partial charge is 0.472 e. The molecule has 0 aromatic heterocycles. The fourth-order valence-corrected chi connectivity index (χ4v) is 6.65. The maximum atomic E-state index is 12.5. The lowest BCUT2D eigenvalue weighted by molar-refractivity contribution is -0.154. The van der Waals surface area contributed by atoms with Gasteiger partial charge in [0.05, 0.1) is 26.4 Å². The molecule has 9 nitrogen and oxygen atoms in total. The van der Waals surface area contributed by atoms with Gasteiger partial charge in [-0.15, -0.1) is 0 Å². The van der Waals surface area contributed by atoms with Gasteiger partial charge < -0.3 is 24.6 Å². The minimum Gasteiger partial charge on any atom is -0.457 e. The van der Waals surface area contributed by atoms with E-state index in [4.69, 9.17) is 23.6 Å². The SMILES string of the molecule is CCCCCCC/C=C\C/C=C\CCCCCCCCCCCCCCOCC(COP(=O)(O)OCC(O)CO)OC(=O)CCCCCCCCC. The fourth-order valence-electron chi connectivity index (χ4n) is 5.86. The predicted octanol–water partition coefficient (Wildman–Crippen LogP) is 11.5. The lowest BCUT2D eigenvalue weighted by Gasteiger charge is -2.20. The molecule has 0 heterocycles. The molecular formula is C42H81O9P. The molecule has 0 radical (unpaired) electrons. The maximum absolute atomic E-state index is 12.5. The molecule has 3 unspecified atom stereocenters. The van der Waals surface area contributed by atoms with Crippen LogP contribution in [0.2, 0.25) is 0 Å². The van der Waals surface area contributed by atoms with Gasteiger partial charge >= 0.3 is 13.8 Å². The molecule has 0 aliphatic rings. The van der Waals surface area contributed by atoms with E-state index in [0.717, 1.165) is 44.9 Å². The Morgan fingerprint density at radius 3 is 1.54 bits per heavy atom. The monoisotopic (exact) mass is 761 g/mol. The van der Waals surface area contributed by atoms with Crippen LogP contribution in [0.5, 0.6) is 0 Å². The quantitative estimate of drug-likeness (QED) is 0.0241. The molecule has 0 rings (SSSR count). The first kappa shape index (κ1) is 50.9.